The van der Waals surface area contributed by atoms with E-state index in [1.807, 2.05) is 0 Å². The van der Waals surface area contributed by atoms with Gasteiger partial charge in [-0.05, 0) is 18.2 Å². The van der Waals surface area contributed by atoms with Crippen molar-refractivity contribution in [2.75, 3.05) is 13.6 Å². The second-order valence-electron chi connectivity index (χ2n) is 3.80. The molecule has 1 rings (SSSR count). The fourth-order valence-corrected chi connectivity index (χ4v) is 2.94. The van der Waals surface area contributed by atoms with Crippen molar-refractivity contribution in [3.8, 4) is 0 Å². The maximum absolute atomic E-state index is 12.6. The molecule has 0 aliphatic rings. The maximum atomic E-state index is 12.6. The first-order valence-electron chi connectivity index (χ1n) is 5.01. The lowest BCUT2D eigenvalue weighted by Gasteiger charge is -2.17. The van der Waals surface area contributed by atoms with Crippen LogP contribution in [0.5, 0.6) is 0 Å². The number of halogens is 4. The summed E-state index contributed by atoms with van der Waals surface area (Å²) < 4.78 is 62.0. The second kappa shape index (κ2) is 5.58. The zero-order valence-electron chi connectivity index (χ0n) is 9.98. The Kier molecular flexibility index (Phi) is 4.67. The molecule has 10 heteroatoms. The number of aliphatic carboxylic acids is 1. The van der Waals surface area contributed by atoms with Gasteiger partial charge in [0, 0.05) is 7.05 Å². The Morgan fingerprint density at radius 3 is 2.40 bits per heavy atom. The van der Waals surface area contributed by atoms with Crippen molar-refractivity contribution in [2.24, 2.45) is 0 Å². The van der Waals surface area contributed by atoms with Crippen molar-refractivity contribution < 1.29 is 31.5 Å². The lowest BCUT2D eigenvalue weighted by atomic mass is 10.2. The van der Waals surface area contributed by atoms with E-state index in [4.69, 9.17) is 16.7 Å². The van der Waals surface area contributed by atoms with Gasteiger partial charge in [0.2, 0.25) is 10.0 Å². The first kappa shape index (κ1) is 16.7. The zero-order chi connectivity index (χ0) is 15.7. The van der Waals surface area contributed by atoms with E-state index in [1.165, 1.54) is 0 Å². The van der Waals surface area contributed by atoms with Gasteiger partial charge in [0.05, 0.1) is 10.6 Å². The summed E-state index contributed by atoms with van der Waals surface area (Å²) in [5.74, 6) is -1.45. The highest BCUT2D eigenvalue weighted by Gasteiger charge is 2.34. The molecule has 0 heterocycles. The highest BCUT2D eigenvalue weighted by Crippen LogP contribution is 2.34. The third kappa shape index (κ3) is 3.62. The SMILES string of the molecule is CN(CC(=O)O)S(=O)(=O)c1cc(C(F)(F)F)ccc1Cl. The van der Waals surface area contributed by atoms with Gasteiger partial charge in [-0.1, -0.05) is 11.6 Å². The fourth-order valence-electron chi connectivity index (χ4n) is 1.32. The Morgan fingerprint density at radius 1 is 1.40 bits per heavy atom. The van der Waals surface area contributed by atoms with Crippen LogP contribution >= 0.6 is 11.6 Å². The van der Waals surface area contributed by atoms with E-state index in [1.54, 1.807) is 0 Å². The molecule has 0 unspecified atom stereocenters. The van der Waals surface area contributed by atoms with Crippen LogP contribution in [0.1, 0.15) is 5.56 Å². The van der Waals surface area contributed by atoms with Gasteiger partial charge in [-0.3, -0.25) is 4.79 Å². The summed E-state index contributed by atoms with van der Waals surface area (Å²) in [4.78, 5) is 9.69. The van der Waals surface area contributed by atoms with Gasteiger partial charge in [0.15, 0.2) is 0 Å². The molecule has 1 aromatic rings. The molecular formula is C10H9ClF3NO4S. The topological polar surface area (TPSA) is 74.7 Å². The van der Waals surface area contributed by atoms with Crippen LogP contribution in [0, 0.1) is 0 Å². The lowest BCUT2D eigenvalue weighted by Crippen LogP contribution is -2.32. The van der Waals surface area contributed by atoms with E-state index in [0.717, 1.165) is 13.1 Å². The minimum atomic E-state index is -4.74. The molecule has 0 amide bonds. The summed E-state index contributed by atoms with van der Waals surface area (Å²) >= 11 is 5.59. The van der Waals surface area contributed by atoms with E-state index >= 15 is 0 Å². The van der Waals surface area contributed by atoms with Gasteiger partial charge < -0.3 is 5.11 Å². The van der Waals surface area contributed by atoms with Gasteiger partial charge >= 0.3 is 12.1 Å². The van der Waals surface area contributed by atoms with Gasteiger partial charge in [0.1, 0.15) is 11.4 Å². The smallest absolute Gasteiger partial charge is 0.416 e. The Bertz CT molecular complexity index is 630. The molecule has 0 atom stereocenters. The number of rotatable bonds is 4. The van der Waals surface area contributed by atoms with E-state index in [-0.39, 0.29) is 0 Å². The summed E-state index contributed by atoms with van der Waals surface area (Å²) in [6.45, 7) is -0.894. The maximum Gasteiger partial charge on any atom is 0.416 e. The van der Waals surface area contributed by atoms with Gasteiger partial charge in [0.25, 0.3) is 0 Å². The monoisotopic (exact) mass is 331 g/mol. The third-order valence-electron chi connectivity index (χ3n) is 2.30. The standard InChI is InChI=1S/C10H9ClF3NO4S/c1-15(5-9(16)17)20(18,19)8-4-6(10(12,13)14)2-3-7(8)11/h2-4H,5H2,1H3,(H,16,17). The third-order valence-corrected chi connectivity index (χ3v) is 4.59. The average molecular weight is 332 g/mol. The molecule has 1 aromatic carbocycles. The molecular weight excluding hydrogens is 323 g/mol. The van der Waals surface area contributed by atoms with Crippen LogP contribution in [-0.2, 0) is 21.0 Å². The number of carbonyl (C=O) groups is 1. The molecule has 0 aliphatic heterocycles. The summed E-state index contributed by atoms with van der Waals surface area (Å²) in [6.07, 6.45) is -4.74. The van der Waals surface area contributed by atoms with Crippen molar-refractivity contribution in [1.82, 2.24) is 4.31 Å². The molecule has 0 aromatic heterocycles. The van der Waals surface area contributed by atoms with Crippen LogP contribution in [0.25, 0.3) is 0 Å². The summed E-state index contributed by atoms with van der Waals surface area (Å²) in [6, 6.07) is 1.81. The largest absolute Gasteiger partial charge is 0.480 e. The Hall–Kier alpha value is -1.32. The van der Waals surface area contributed by atoms with Gasteiger partial charge in [-0.15, -0.1) is 0 Å². The summed E-state index contributed by atoms with van der Waals surface area (Å²) in [5, 5.41) is 8.11. The minimum absolute atomic E-state index is 0.371. The minimum Gasteiger partial charge on any atom is -0.480 e. The van der Waals surface area contributed by atoms with E-state index in [2.05, 4.69) is 0 Å². The van der Waals surface area contributed by atoms with Crippen LogP contribution in [0.2, 0.25) is 5.02 Å². The highest BCUT2D eigenvalue weighted by atomic mass is 35.5. The fraction of sp³-hybridized carbons (Fsp3) is 0.300. The molecule has 0 fully saturated rings. The second-order valence-corrected chi connectivity index (χ2v) is 6.22. The molecule has 20 heavy (non-hydrogen) atoms. The van der Waals surface area contributed by atoms with Gasteiger partial charge in [-0.2, -0.15) is 17.5 Å². The van der Waals surface area contributed by atoms with Crippen molar-refractivity contribution in [2.45, 2.75) is 11.1 Å². The number of nitrogens with zero attached hydrogens (tertiary/aromatic N) is 1. The Morgan fingerprint density at radius 2 is 1.95 bits per heavy atom. The van der Waals surface area contributed by atoms with Crippen LogP contribution in [0.4, 0.5) is 13.2 Å². The molecule has 1 N–H and O–H groups in total. The van der Waals surface area contributed by atoms with Crippen LogP contribution < -0.4 is 0 Å². The van der Waals surface area contributed by atoms with E-state index < -0.39 is 44.2 Å². The van der Waals surface area contributed by atoms with Crippen molar-refractivity contribution >= 4 is 27.6 Å². The van der Waals surface area contributed by atoms with Gasteiger partial charge in [-0.25, -0.2) is 8.42 Å². The highest BCUT2D eigenvalue weighted by molar-refractivity contribution is 7.89. The first-order chi connectivity index (χ1) is 8.96. The first-order valence-corrected chi connectivity index (χ1v) is 6.83. The number of carboxylic acids is 1. The van der Waals surface area contributed by atoms with E-state index in [9.17, 15) is 26.4 Å². The van der Waals surface area contributed by atoms with Crippen LogP contribution in [0.3, 0.4) is 0 Å². The Balaban J connectivity index is 3.34. The predicted octanol–water partition coefficient (Wildman–Crippen LogP) is 2.06. The number of hydrogen-bond acceptors (Lipinski definition) is 3. The van der Waals surface area contributed by atoms with E-state index in [0.29, 0.717) is 16.4 Å². The summed E-state index contributed by atoms with van der Waals surface area (Å²) in [5.41, 5.74) is -1.19. The summed E-state index contributed by atoms with van der Waals surface area (Å²) in [7, 11) is -3.50. The number of carboxylic acid groups (broad SMARTS) is 1. The normalized spacial score (nSPS) is 12.7. The predicted molar refractivity (Wildman–Crippen MR) is 63.9 cm³/mol. The molecule has 0 aliphatic carbocycles. The lowest BCUT2D eigenvalue weighted by molar-refractivity contribution is -0.138. The molecule has 0 spiro atoms. The molecule has 112 valence electrons. The van der Waals surface area contributed by atoms with Crippen molar-refractivity contribution in [3.63, 3.8) is 0 Å². The Labute approximate surface area is 117 Å². The number of likely N-dealkylation sites (N-methyl/N-ethyl adjacent to an activating group) is 1. The van der Waals surface area contributed by atoms with Crippen molar-refractivity contribution in [1.29, 1.82) is 0 Å². The zero-order valence-corrected chi connectivity index (χ0v) is 11.6. The molecule has 0 saturated heterocycles. The molecule has 0 radical (unpaired) electrons. The molecule has 0 saturated carbocycles. The van der Waals surface area contributed by atoms with Crippen molar-refractivity contribution in [3.05, 3.63) is 28.8 Å². The number of sulfonamides is 1. The number of hydrogen-bond donors (Lipinski definition) is 1. The number of benzene rings is 1. The number of alkyl halides is 3. The van der Waals surface area contributed by atoms with Crippen LogP contribution in [-0.4, -0.2) is 37.4 Å². The van der Waals surface area contributed by atoms with Crippen LogP contribution in [0.15, 0.2) is 23.1 Å². The quantitative estimate of drug-likeness (QED) is 0.916. The molecule has 0 bridgehead atoms. The molecule has 5 nitrogen and oxygen atoms in total. The average Bonchev–Trinajstić information content (AvgIpc) is 2.26.